The maximum Gasteiger partial charge on any atom is 0.237 e. The molecule has 0 unspecified atom stereocenters. The molecule has 0 heterocycles. The van der Waals surface area contributed by atoms with Crippen molar-refractivity contribution in [2.45, 2.75) is 45.8 Å². The van der Waals surface area contributed by atoms with E-state index in [2.05, 4.69) is 5.32 Å². The van der Waals surface area contributed by atoms with Crippen LogP contribution in [0.2, 0.25) is 0 Å². The second kappa shape index (κ2) is 5.32. The van der Waals surface area contributed by atoms with Gasteiger partial charge in [-0.25, -0.2) is 0 Å². The minimum Gasteiger partial charge on any atom is -0.389 e. The molecule has 0 aliphatic rings. The van der Waals surface area contributed by atoms with Crippen LogP contribution in [0.3, 0.4) is 0 Å². The normalized spacial score (nSPS) is 14.2. The van der Waals surface area contributed by atoms with Gasteiger partial charge in [0.15, 0.2) is 0 Å². The largest absolute Gasteiger partial charge is 0.389 e. The first-order valence-corrected chi connectivity index (χ1v) is 4.98. The molecule has 0 aromatic carbocycles. The third kappa shape index (κ3) is 6.86. The number of hydrogen-bond donors (Lipinski definition) is 3. The molecular weight excluding hydrogens is 180 g/mol. The molecule has 0 aliphatic carbocycles. The molecule has 0 aliphatic heterocycles. The number of rotatable bonds is 5. The zero-order valence-electron chi connectivity index (χ0n) is 9.50. The van der Waals surface area contributed by atoms with Gasteiger partial charge in [0.1, 0.15) is 0 Å². The molecule has 0 aromatic heterocycles. The van der Waals surface area contributed by atoms with Crippen molar-refractivity contribution >= 4 is 5.91 Å². The number of nitrogens with one attached hydrogen (secondary N) is 1. The molecule has 4 N–H and O–H groups in total. The monoisotopic (exact) mass is 202 g/mol. The highest BCUT2D eigenvalue weighted by Gasteiger charge is 2.18. The number of amides is 1. The van der Waals surface area contributed by atoms with E-state index >= 15 is 0 Å². The highest BCUT2D eigenvalue weighted by atomic mass is 16.3. The lowest BCUT2D eigenvalue weighted by Crippen LogP contribution is -2.46. The Bertz CT molecular complexity index is 185. The second-order valence-electron chi connectivity index (χ2n) is 4.77. The van der Waals surface area contributed by atoms with Gasteiger partial charge in [0, 0.05) is 6.54 Å². The fraction of sp³-hybridized carbons (Fsp3) is 0.900. The highest BCUT2D eigenvalue weighted by Crippen LogP contribution is 2.03. The molecule has 0 saturated heterocycles. The van der Waals surface area contributed by atoms with Crippen LogP contribution >= 0.6 is 0 Å². The summed E-state index contributed by atoms with van der Waals surface area (Å²) in [6.45, 7) is 7.55. The Labute approximate surface area is 85.9 Å². The highest BCUT2D eigenvalue weighted by molar-refractivity contribution is 5.81. The first-order valence-electron chi connectivity index (χ1n) is 4.98. The molecule has 1 amide bonds. The lowest BCUT2D eigenvalue weighted by molar-refractivity contribution is -0.123. The van der Waals surface area contributed by atoms with Gasteiger partial charge in [-0.15, -0.1) is 0 Å². The predicted octanol–water partition coefficient (Wildman–Crippen LogP) is 0.247. The van der Waals surface area contributed by atoms with Crippen LogP contribution in [0.25, 0.3) is 0 Å². The lowest BCUT2D eigenvalue weighted by Gasteiger charge is -2.20. The molecule has 14 heavy (non-hydrogen) atoms. The van der Waals surface area contributed by atoms with Crippen molar-refractivity contribution in [3.63, 3.8) is 0 Å². The van der Waals surface area contributed by atoms with E-state index in [4.69, 9.17) is 5.73 Å². The summed E-state index contributed by atoms with van der Waals surface area (Å²) in [5.74, 6) is 0.207. The maximum atomic E-state index is 11.4. The zero-order chi connectivity index (χ0) is 11.4. The average Bonchev–Trinajstić information content (AvgIpc) is 1.97. The molecule has 0 bridgehead atoms. The Morgan fingerprint density at radius 2 is 2.00 bits per heavy atom. The number of hydrogen-bond acceptors (Lipinski definition) is 3. The van der Waals surface area contributed by atoms with Crippen molar-refractivity contribution in [1.29, 1.82) is 0 Å². The van der Waals surface area contributed by atoms with Crippen molar-refractivity contribution in [3.8, 4) is 0 Å². The van der Waals surface area contributed by atoms with Crippen LogP contribution in [0.15, 0.2) is 0 Å². The van der Waals surface area contributed by atoms with E-state index in [1.165, 1.54) is 0 Å². The van der Waals surface area contributed by atoms with Crippen LogP contribution in [-0.4, -0.2) is 29.2 Å². The molecule has 0 spiro atoms. The Hall–Kier alpha value is -0.610. The van der Waals surface area contributed by atoms with Crippen LogP contribution in [0.5, 0.6) is 0 Å². The molecule has 1 atom stereocenters. The fourth-order valence-electron chi connectivity index (χ4n) is 1.05. The lowest BCUT2D eigenvalue weighted by atomic mass is 10.0. The van der Waals surface area contributed by atoms with Crippen molar-refractivity contribution in [2.24, 2.45) is 11.7 Å². The van der Waals surface area contributed by atoms with Gasteiger partial charge in [-0.05, 0) is 26.2 Å². The molecule has 0 fully saturated rings. The van der Waals surface area contributed by atoms with E-state index < -0.39 is 11.6 Å². The Morgan fingerprint density at radius 3 is 2.36 bits per heavy atom. The van der Waals surface area contributed by atoms with Crippen LogP contribution < -0.4 is 11.1 Å². The van der Waals surface area contributed by atoms with Crippen LogP contribution in [-0.2, 0) is 4.79 Å². The van der Waals surface area contributed by atoms with Gasteiger partial charge in [0.2, 0.25) is 5.91 Å². The summed E-state index contributed by atoms with van der Waals surface area (Å²) in [5.41, 5.74) is 4.77. The van der Waals surface area contributed by atoms with Crippen LogP contribution in [0.4, 0.5) is 0 Å². The molecule has 4 nitrogen and oxygen atoms in total. The molecule has 0 aromatic rings. The van der Waals surface area contributed by atoms with Gasteiger partial charge in [-0.2, -0.15) is 0 Å². The van der Waals surface area contributed by atoms with Gasteiger partial charge < -0.3 is 16.2 Å². The van der Waals surface area contributed by atoms with E-state index in [1.807, 2.05) is 13.8 Å². The fourth-order valence-corrected chi connectivity index (χ4v) is 1.05. The molecular formula is C10H22N2O2. The van der Waals surface area contributed by atoms with E-state index in [1.54, 1.807) is 13.8 Å². The zero-order valence-corrected chi connectivity index (χ0v) is 9.50. The summed E-state index contributed by atoms with van der Waals surface area (Å²) in [6.07, 6.45) is 0.664. The third-order valence-corrected chi connectivity index (χ3v) is 1.76. The minimum atomic E-state index is -0.882. The third-order valence-electron chi connectivity index (χ3n) is 1.76. The van der Waals surface area contributed by atoms with Gasteiger partial charge >= 0.3 is 0 Å². The first-order chi connectivity index (χ1) is 6.22. The van der Waals surface area contributed by atoms with Crippen molar-refractivity contribution in [3.05, 3.63) is 0 Å². The molecule has 84 valence electrons. The minimum absolute atomic E-state index is 0.194. The summed E-state index contributed by atoms with van der Waals surface area (Å²) in [4.78, 5) is 11.4. The van der Waals surface area contributed by atoms with Gasteiger partial charge in [-0.3, -0.25) is 4.79 Å². The van der Waals surface area contributed by atoms with Crippen molar-refractivity contribution in [2.75, 3.05) is 6.54 Å². The number of carbonyl (C=O) groups excluding carboxylic acids is 1. The summed E-state index contributed by atoms with van der Waals surface area (Å²) in [5, 5.41) is 12.0. The summed E-state index contributed by atoms with van der Waals surface area (Å²) >= 11 is 0. The molecule has 0 saturated carbocycles. The molecule has 0 radical (unpaired) electrons. The number of carbonyl (C=O) groups is 1. The Kier molecular flexibility index (Phi) is 5.08. The predicted molar refractivity (Wildman–Crippen MR) is 56.7 cm³/mol. The second-order valence-corrected chi connectivity index (χ2v) is 4.77. The van der Waals surface area contributed by atoms with E-state index in [9.17, 15) is 9.90 Å². The van der Waals surface area contributed by atoms with E-state index in [-0.39, 0.29) is 12.5 Å². The van der Waals surface area contributed by atoms with Crippen LogP contribution in [0, 0.1) is 5.92 Å². The van der Waals surface area contributed by atoms with E-state index in [0.717, 1.165) is 0 Å². The van der Waals surface area contributed by atoms with Crippen molar-refractivity contribution < 1.29 is 9.90 Å². The average molecular weight is 202 g/mol. The smallest absolute Gasteiger partial charge is 0.237 e. The van der Waals surface area contributed by atoms with Gasteiger partial charge in [0.25, 0.3) is 0 Å². The first kappa shape index (κ1) is 13.4. The quantitative estimate of drug-likeness (QED) is 0.598. The van der Waals surface area contributed by atoms with Crippen LogP contribution in [0.1, 0.15) is 34.1 Å². The molecule has 0 rings (SSSR count). The number of nitrogens with two attached hydrogens (primary N) is 1. The Balaban J connectivity index is 3.85. The summed E-state index contributed by atoms with van der Waals surface area (Å²) in [7, 11) is 0. The molecule has 4 heteroatoms. The number of aliphatic hydroxyl groups is 1. The standard InChI is InChI=1S/C10H22N2O2/c1-7(2)5-8(11)9(13)12-6-10(3,4)14/h7-8,14H,5-6,11H2,1-4H3,(H,12,13)/t8-/m1/s1. The topological polar surface area (TPSA) is 75.4 Å². The Morgan fingerprint density at radius 1 is 1.50 bits per heavy atom. The van der Waals surface area contributed by atoms with Crippen molar-refractivity contribution in [1.82, 2.24) is 5.32 Å². The maximum absolute atomic E-state index is 11.4. The van der Waals surface area contributed by atoms with Gasteiger partial charge in [-0.1, -0.05) is 13.8 Å². The SMILES string of the molecule is CC(C)C[C@@H](N)C(=O)NCC(C)(C)O. The van der Waals surface area contributed by atoms with E-state index in [0.29, 0.717) is 12.3 Å². The summed E-state index contributed by atoms with van der Waals surface area (Å²) < 4.78 is 0. The van der Waals surface area contributed by atoms with Gasteiger partial charge in [0.05, 0.1) is 11.6 Å². The summed E-state index contributed by atoms with van der Waals surface area (Å²) in [6, 6.07) is -0.475.